The Labute approximate surface area is 114 Å². The monoisotopic (exact) mass is 278 g/mol. The van der Waals surface area contributed by atoms with Gasteiger partial charge in [0.1, 0.15) is 11.9 Å². The summed E-state index contributed by atoms with van der Waals surface area (Å²) in [6, 6.07) is -0.513. The standard InChI is InChI=1S/C11H14N6O3/c1-16-11(9(6-13-16)17(19)20)7-2-4-8(14-15-12)10(18)5-3-7/h3,6,8,10,18H,2,4-5H2,1H3. The zero-order chi connectivity index (χ0) is 14.7. The molecule has 0 radical (unpaired) electrons. The number of allylic oxidation sites excluding steroid dienone is 1. The van der Waals surface area contributed by atoms with Crippen LogP contribution >= 0.6 is 0 Å². The maximum absolute atomic E-state index is 11.0. The van der Waals surface area contributed by atoms with E-state index in [2.05, 4.69) is 15.1 Å². The first-order valence-corrected chi connectivity index (χ1v) is 6.12. The molecule has 9 heteroatoms. The summed E-state index contributed by atoms with van der Waals surface area (Å²) in [5, 5.41) is 28.4. The third-order valence-electron chi connectivity index (χ3n) is 3.38. The predicted molar refractivity (Wildman–Crippen MR) is 70.6 cm³/mol. The number of aliphatic hydroxyl groups excluding tert-OH is 1. The molecule has 1 aliphatic carbocycles. The topological polar surface area (TPSA) is 130 Å². The Morgan fingerprint density at radius 3 is 3.10 bits per heavy atom. The number of aryl methyl sites for hydroxylation is 1. The molecule has 106 valence electrons. The first-order valence-electron chi connectivity index (χ1n) is 6.12. The van der Waals surface area contributed by atoms with Crippen LogP contribution in [0.2, 0.25) is 0 Å². The summed E-state index contributed by atoms with van der Waals surface area (Å²) in [7, 11) is 1.63. The van der Waals surface area contributed by atoms with E-state index in [1.807, 2.05) is 0 Å². The van der Waals surface area contributed by atoms with Gasteiger partial charge in [-0.2, -0.15) is 5.10 Å². The van der Waals surface area contributed by atoms with Gasteiger partial charge in [0.2, 0.25) is 0 Å². The van der Waals surface area contributed by atoms with E-state index in [1.54, 1.807) is 13.1 Å². The summed E-state index contributed by atoms with van der Waals surface area (Å²) in [5.74, 6) is 0. The fraction of sp³-hybridized carbons (Fsp3) is 0.545. The van der Waals surface area contributed by atoms with Gasteiger partial charge in [-0.05, 0) is 30.4 Å². The van der Waals surface area contributed by atoms with Crippen molar-refractivity contribution in [1.29, 1.82) is 0 Å². The Morgan fingerprint density at radius 1 is 1.70 bits per heavy atom. The minimum Gasteiger partial charge on any atom is -0.392 e. The van der Waals surface area contributed by atoms with Gasteiger partial charge in [-0.1, -0.05) is 11.2 Å². The van der Waals surface area contributed by atoms with Crippen LogP contribution in [0.5, 0.6) is 0 Å². The second kappa shape index (κ2) is 5.72. The van der Waals surface area contributed by atoms with Gasteiger partial charge in [0.25, 0.3) is 0 Å². The smallest absolute Gasteiger partial charge is 0.314 e. The van der Waals surface area contributed by atoms with Crippen LogP contribution in [0.3, 0.4) is 0 Å². The van der Waals surface area contributed by atoms with Gasteiger partial charge >= 0.3 is 5.69 Å². The van der Waals surface area contributed by atoms with E-state index in [4.69, 9.17) is 5.53 Å². The van der Waals surface area contributed by atoms with Crippen molar-refractivity contribution in [2.24, 2.45) is 12.2 Å². The molecule has 0 bridgehead atoms. The van der Waals surface area contributed by atoms with Gasteiger partial charge in [0.05, 0.1) is 17.1 Å². The highest BCUT2D eigenvalue weighted by Gasteiger charge is 2.27. The van der Waals surface area contributed by atoms with Crippen molar-refractivity contribution < 1.29 is 10.0 Å². The third kappa shape index (κ3) is 2.63. The minimum absolute atomic E-state index is 0.0597. The van der Waals surface area contributed by atoms with Crippen molar-refractivity contribution >= 4 is 11.3 Å². The molecule has 2 unspecified atom stereocenters. The number of nitrogens with zero attached hydrogens (tertiary/aromatic N) is 6. The average molecular weight is 278 g/mol. The molecule has 0 aromatic carbocycles. The SMILES string of the molecule is Cn1ncc([N+](=O)[O-])c1C1=CCC(O)C(N=[N+]=[N-])CC1. The van der Waals surface area contributed by atoms with Crippen LogP contribution < -0.4 is 0 Å². The second-order valence-corrected chi connectivity index (χ2v) is 4.60. The van der Waals surface area contributed by atoms with Gasteiger partial charge in [0.15, 0.2) is 0 Å². The Bertz CT molecular complexity index is 601. The summed E-state index contributed by atoms with van der Waals surface area (Å²) in [4.78, 5) is 13.2. The largest absolute Gasteiger partial charge is 0.392 e. The molecule has 2 rings (SSSR count). The van der Waals surface area contributed by atoms with Gasteiger partial charge in [-0.15, -0.1) is 0 Å². The molecule has 1 aliphatic rings. The van der Waals surface area contributed by atoms with E-state index in [1.165, 1.54) is 10.9 Å². The van der Waals surface area contributed by atoms with E-state index >= 15 is 0 Å². The highest BCUT2D eigenvalue weighted by Crippen LogP contribution is 2.32. The van der Waals surface area contributed by atoms with Crippen LogP contribution in [0.15, 0.2) is 17.4 Å². The molecule has 1 aromatic rings. The molecule has 0 amide bonds. The normalized spacial score (nSPS) is 22.6. The molecule has 0 aliphatic heterocycles. The van der Waals surface area contributed by atoms with E-state index in [9.17, 15) is 15.2 Å². The Hall–Kier alpha value is -2.38. The van der Waals surface area contributed by atoms with Gasteiger partial charge in [-0.25, -0.2) is 0 Å². The van der Waals surface area contributed by atoms with Crippen molar-refractivity contribution in [2.45, 2.75) is 31.4 Å². The maximum Gasteiger partial charge on any atom is 0.314 e. The first kappa shape index (κ1) is 14.0. The highest BCUT2D eigenvalue weighted by atomic mass is 16.6. The van der Waals surface area contributed by atoms with Crippen molar-refractivity contribution in [1.82, 2.24) is 9.78 Å². The average Bonchev–Trinajstić information content (AvgIpc) is 2.70. The number of nitro groups is 1. The molecule has 0 saturated carbocycles. The van der Waals surface area contributed by atoms with E-state index in [0.29, 0.717) is 25.0 Å². The third-order valence-corrected chi connectivity index (χ3v) is 3.38. The van der Waals surface area contributed by atoms with Crippen molar-refractivity contribution in [3.63, 3.8) is 0 Å². The number of aliphatic hydroxyl groups is 1. The molecular formula is C11H14N6O3. The minimum atomic E-state index is -0.768. The summed E-state index contributed by atoms with van der Waals surface area (Å²) >= 11 is 0. The van der Waals surface area contributed by atoms with Crippen LogP contribution in [-0.2, 0) is 7.05 Å². The number of aromatic nitrogens is 2. The zero-order valence-electron chi connectivity index (χ0n) is 10.9. The van der Waals surface area contributed by atoms with Crippen LogP contribution in [0.1, 0.15) is 25.0 Å². The highest BCUT2D eigenvalue weighted by molar-refractivity contribution is 5.70. The van der Waals surface area contributed by atoms with Gasteiger partial charge in [-0.3, -0.25) is 14.8 Å². The molecular weight excluding hydrogens is 264 g/mol. The molecule has 0 fully saturated rings. The molecule has 0 saturated heterocycles. The number of hydrogen-bond acceptors (Lipinski definition) is 5. The zero-order valence-corrected chi connectivity index (χ0v) is 10.9. The fourth-order valence-corrected chi connectivity index (χ4v) is 2.37. The first-order chi connectivity index (χ1) is 9.54. The molecule has 0 spiro atoms. The molecule has 1 N–H and O–H groups in total. The molecule has 1 heterocycles. The Morgan fingerprint density at radius 2 is 2.45 bits per heavy atom. The lowest BCUT2D eigenvalue weighted by molar-refractivity contribution is -0.385. The molecule has 2 atom stereocenters. The summed E-state index contributed by atoms with van der Waals surface area (Å²) in [5.41, 5.74) is 9.58. The summed E-state index contributed by atoms with van der Waals surface area (Å²) in [6.07, 6.45) is 3.42. The van der Waals surface area contributed by atoms with E-state index in [-0.39, 0.29) is 5.69 Å². The van der Waals surface area contributed by atoms with E-state index in [0.717, 1.165) is 5.57 Å². The quantitative estimate of drug-likeness (QED) is 0.297. The van der Waals surface area contributed by atoms with E-state index < -0.39 is 17.1 Å². The van der Waals surface area contributed by atoms with Crippen molar-refractivity contribution in [3.05, 3.63) is 38.5 Å². The number of azide groups is 1. The van der Waals surface area contributed by atoms with Crippen molar-refractivity contribution in [3.8, 4) is 0 Å². The van der Waals surface area contributed by atoms with Gasteiger partial charge < -0.3 is 5.11 Å². The number of rotatable bonds is 3. The lowest BCUT2D eigenvalue weighted by Crippen LogP contribution is -2.21. The lowest BCUT2D eigenvalue weighted by Gasteiger charge is -2.13. The van der Waals surface area contributed by atoms with Crippen LogP contribution in [0, 0.1) is 10.1 Å². The van der Waals surface area contributed by atoms with Crippen molar-refractivity contribution in [2.75, 3.05) is 0 Å². The molecule has 20 heavy (non-hydrogen) atoms. The predicted octanol–water partition coefficient (Wildman–Crippen LogP) is 1.94. The van der Waals surface area contributed by atoms with Crippen LogP contribution in [-0.4, -0.2) is 32.0 Å². The fourth-order valence-electron chi connectivity index (χ4n) is 2.37. The van der Waals surface area contributed by atoms with Crippen LogP contribution in [0.25, 0.3) is 16.0 Å². The second-order valence-electron chi connectivity index (χ2n) is 4.60. The molecule has 1 aromatic heterocycles. The summed E-state index contributed by atoms with van der Waals surface area (Å²) < 4.78 is 1.45. The number of hydrogen-bond donors (Lipinski definition) is 1. The Kier molecular flexibility index (Phi) is 4.02. The maximum atomic E-state index is 11.0. The Balaban J connectivity index is 2.33. The summed E-state index contributed by atoms with van der Waals surface area (Å²) in [6.45, 7) is 0. The molecule has 9 nitrogen and oxygen atoms in total. The van der Waals surface area contributed by atoms with Crippen LogP contribution in [0.4, 0.5) is 5.69 Å². The van der Waals surface area contributed by atoms with Gasteiger partial charge in [0, 0.05) is 12.0 Å². The lowest BCUT2D eigenvalue weighted by atomic mass is 10.0.